The monoisotopic (exact) mass is 291 g/mol. The number of ether oxygens (including phenoxy) is 1. The lowest BCUT2D eigenvalue weighted by Crippen LogP contribution is -2.43. The fourth-order valence-corrected chi connectivity index (χ4v) is 1.87. The van der Waals surface area contributed by atoms with Crippen molar-refractivity contribution in [3.05, 3.63) is 29.8 Å². The number of methoxy groups -OCH3 is 1. The Morgan fingerprint density at radius 3 is 2.57 bits per heavy atom. The Morgan fingerprint density at radius 2 is 2.00 bits per heavy atom. The molecule has 0 heterocycles. The summed E-state index contributed by atoms with van der Waals surface area (Å²) in [6.07, 6.45) is 1.97. The first-order valence-corrected chi connectivity index (χ1v) is 7.02. The maximum Gasteiger partial charge on any atom is 0.239 e. The van der Waals surface area contributed by atoms with E-state index in [4.69, 9.17) is 10.5 Å². The Morgan fingerprint density at radius 1 is 1.33 bits per heavy atom. The zero-order valence-corrected chi connectivity index (χ0v) is 12.1. The summed E-state index contributed by atoms with van der Waals surface area (Å²) < 4.78 is 4.83. The van der Waals surface area contributed by atoms with E-state index in [9.17, 15) is 9.59 Å². The molecule has 2 amide bonds. The molecule has 1 atom stereocenters. The van der Waals surface area contributed by atoms with Crippen LogP contribution in [0, 0.1) is 5.92 Å². The molecule has 1 aliphatic carbocycles. The molecule has 0 saturated heterocycles. The first kappa shape index (κ1) is 15.5. The summed E-state index contributed by atoms with van der Waals surface area (Å²) in [6.45, 7) is 0.588. The topological polar surface area (TPSA) is 93.4 Å². The van der Waals surface area contributed by atoms with Crippen LogP contribution in [0.3, 0.4) is 0 Å². The number of nitrogens with two attached hydrogens (primary N) is 1. The minimum absolute atomic E-state index is 0.0848. The van der Waals surface area contributed by atoms with Crippen molar-refractivity contribution in [2.45, 2.75) is 25.4 Å². The molecule has 1 aromatic rings. The predicted octanol–water partition coefficient (Wildman–Crippen LogP) is 0.625. The molecule has 1 aliphatic rings. The van der Waals surface area contributed by atoms with Crippen LogP contribution in [-0.4, -0.2) is 31.6 Å². The minimum atomic E-state index is -0.660. The predicted molar refractivity (Wildman–Crippen MR) is 79.5 cm³/mol. The van der Waals surface area contributed by atoms with Crippen LogP contribution in [0.25, 0.3) is 0 Å². The molecule has 2 rings (SSSR count). The first-order valence-electron chi connectivity index (χ1n) is 7.02. The Bertz CT molecular complexity index is 497. The van der Waals surface area contributed by atoms with Gasteiger partial charge in [-0.2, -0.15) is 0 Å². The molecule has 0 spiro atoms. The first-order chi connectivity index (χ1) is 10.1. The number of rotatable bonds is 7. The standard InChI is InChI=1S/C15H21N3O3/c1-21-9-13(16)15(20)17-8-10-2-6-12(7-3-10)18-14(19)11-4-5-11/h2-3,6-7,11,13H,4-5,8-9,16H2,1H3,(H,17,20)(H,18,19). The van der Waals surface area contributed by atoms with Crippen LogP contribution in [0.1, 0.15) is 18.4 Å². The van der Waals surface area contributed by atoms with Crippen LogP contribution in [0.5, 0.6) is 0 Å². The summed E-state index contributed by atoms with van der Waals surface area (Å²) in [6, 6.07) is 6.73. The van der Waals surface area contributed by atoms with Crippen LogP contribution in [0.2, 0.25) is 0 Å². The molecule has 4 N–H and O–H groups in total. The Balaban J connectivity index is 1.79. The molecule has 0 aromatic heterocycles. The van der Waals surface area contributed by atoms with Crippen molar-refractivity contribution in [2.24, 2.45) is 11.7 Å². The number of carbonyl (C=O) groups excluding carboxylic acids is 2. The summed E-state index contributed by atoms with van der Waals surface area (Å²) in [7, 11) is 1.50. The highest BCUT2D eigenvalue weighted by Crippen LogP contribution is 2.30. The third kappa shape index (κ3) is 4.84. The van der Waals surface area contributed by atoms with Crippen LogP contribution in [0.15, 0.2) is 24.3 Å². The second kappa shape index (κ2) is 7.19. The van der Waals surface area contributed by atoms with Gasteiger partial charge in [0, 0.05) is 25.3 Å². The number of anilines is 1. The van der Waals surface area contributed by atoms with E-state index in [1.54, 1.807) is 0 Å². The second-order valence-corrected chi connectivity index (χ2v) is 5.24. The fourth-order valence-electron chi connectivity index (χ4n) is 1.87. The molecule has 1 aromatic carbocycles. The summed E-state index contributed by atoms with van der Waals surface area (Å²) in [4.78, 5) is 23.2. The van der Waals surface area contributed by atoms with Crippen molar-refractivity contribution >= 4 is 17.5 Å². The zero-order valence-electron chi connectivity index (χ0n) is 12.1. The van der Waals surface area contributed by atoms with E-state index < -0.39 is 6.04 Å². The molecular weight excluding hydrogens is 270 g/mol. The van der Waals surface area contributed by atoms with Gasteiger partial charge in [-0.15, -0.1) is 0 Å². The lowest BCUT2D eigenvalue weighted by atomic mass is 10.2. The second-order valence-electron chi connectivity index (χ2n) is 5.24. The number of carbonyl (C=O) groups is 2. The van der Waals surface area contributed by atoms with E-state index in [0.717, 1.165) is 24.1 Å². The average molecular weight is 291 g/mol. The van der Waals surface area contributed by atoms with Gasteiger partial charge < -0.3 is 21.1 Å². The van der Waals surface area contributed by atoms with Crippen LogP contribution < -0.4 is 16.4 Å². The van der Waals surface area contributed by atoms with Gasteiger partial charge >= 0.3 is 0 Å². The van der Waals surface area contributed by atoms with Crippen molar-refractivity contribution < 1.29 is 14.3 Å². The minimum Gasteiger partial charge on any atom is -0.383 e. The van der Waals surface area contributed by atoms with E-state index in [1.807, 2.05) is 24.3 Å². The van der Waals surface area contributed by atoms with Crippen LogP contribution in [0.4, 0.5) is 5.69 Å². The molecule has 1 fully saturated rings. The molecule has 1 saturated carbocycles. The molecule has 21 heavy (non-hydrogen) atoms. The molecular formula is C15H21N3O3. The van der Waals surface area contributed by atoms with Crippen molar-refractivity contribution in [2.75, 3.05) is 19.0 Å². The number of amides is 2. The number of hydrogen-bond acceptors (Lipinski definition) is 4. The molecule has 0 radical (unpaired) electrons. The maximum atomic E-state index is 11.6. The highest BCUT2D eigenvalue weighted by atomic mass is 16.5. The number of benzene rings is 1. The molecule has 6 nitrogen and oxygen atoms in total. The number of nitrogens with one attached hydrogen (secondary N) is 2. The summed E-state index contributed by atoms with van der Waals surface area (Å²) in [5.41, 5.74) is 7.34. The maximum absolute atomic E-state index is 11.6. The Kier molecular flexibility index (Phi) is 5.30. The highest BCUT2D eigenvalue weighted by molar-refractivity contribution is 5.94. The smallest absolute Gasteiger partial charge is 0.239 e. The van der Waals surface area contributed by atoms with Crippen molar-refractivity contribution in [1.29, 1.82) is 0 Å². The lowest BCUT2D eigenvalue weighted by molar-refractivity contribution is -0.123. The van der Waals surface area contributed by atoms with Crippen LogP contribution in [-0.2, 0) is 20.9 Å². The normalized spacial score (nSPS) is 15.3. The van der Waals surface area contributed by atoms with Gasteiger partial charge in [0.25, 0.3) is 0 Å². The molecule has 0 bridgehead atoms. The zero-order chi connectivity index (χ0) is 15.2. The Hall–Kier alpha value is -1.92. The average Bonchev–Trinajstić information content (AvgIpc) is 3.31. The van der Waals surface area contributed by atoms with Gasteiger partial charge in [0.15, 0.2) is 0 Å². The van der Waals surface area contributed by atoms with E-state index in [0.29, 0.717) is 6.54 Å². The third-order valence-electron chi connectivity index (χ3n) is 3.32. The van der Waals surface area contributed by atoms with Gasteiger partial charge in [-0.25, -0.2) is 0 Å². The van der Waals surface area contributed by atoms with Gasteiger partial charge in [0.05, 0.1) is 6.61 Å². The van der Waals surface area contributed by atoms with Gasteiger partial charge in [0.2, 0.25) is 11.8 Å². The Labute approximate surface area is 124 Å². The molecule has 1 unspecified atom stereocenters. The van der Waals surface area contributed by atoms with E-state index in [-0.39, 0.29) is 24.3 Å². The van der Waals surface area contributed by atoms with Gasteiger partial charge in [-0.3, -0.25) is 9.59 Å². The third-order valence-corrected chi connectivity index (χ3v) is 3.32. The van der Waals surface area contributed by atoms with Crippen LogP contribution >= 0.6 is 0 Å². The van der Waals surface area contributed by atoms with Crippen molar-refractivity contribution in [3.8, 4) is 0 Å². The fraction of sp³-hybridized carbons (Fsp3) is 0.467. The van der Waals surface area contributed by atoms with Gasteiger partial charge in [-0.1, -0.05) is 12.1 Å². The van der Waals surface area contributed by atoms with Crippen molar-refractivity contribution in [1.82, 2.24) is 5.32 Å². The molecule has 114 valence electrons. The van der Waals surface area contributed by atoms with E-state index in [2.05, 4.69) is 10.6 Å². The largest absolute Gasteiger partial charge is 0.383 e. The number of hydrogen-bond donors (Lipinski definition) is 3. The SMILES string of the molecule is COCC(N)C(=O)NCc1ccc(NC(=O)C2CC2)cc1. The quantitative estimate of drug-likeness (QED) is 0.686. The lowest BCUT2D eigenvalue weighted by Gasteiger charge is -2.11. The molecule has 6 heteroatoms. The summed E-state index contributed by atoms with van der Waals surface area (Å²) >= 11 is 0. The van der Waals surface area contributed by atoms with Gasteiger partial charge in [-0.05, 0) is 30.5 Å². The summed E-state index contributed by atoms with van der Waals surface area (Å²) in [5.74, 6) is 0.0239. The van der Waals surface area contributed by atoms with Crippen molar-refractivity contribution in [3.63, 3.8) is 0 Å². The highest BCUT2D eigenvalue weighted by Gasteiger charge is 2.29. The van der Waals surface area contributed by atoms with E-state index >= 15 is 0 Å². The summed E-state index contributed by atoms with van der Waals surface area (Å²) in [5, 5.41) is 5.61. The molecule has 0 aliphatic heterocycles. The van der Waals surface area contributed by atoms with E-state index in [1.165, 1.54) is 7.11 Å². The van der Waals surface area contributed by atoms with Gasteiger partial charge in [0.1, 0.15) is 6.04 Å².